The fraction of sp³-hybridized carbons (Fsp3) is 0.571. The average Bonchev–Trinajstić information content (AvgIpc) is 3.27. The zero-order valence-electron chi connectivity index (χ0n) is 16.3. The molecule has 2 amide bonds. The van der Waals surface area contributed by atoms with Crippen molar-refractivity contribution in [2.45, 2.75) is 65.0 Å². The highest BCUT2D eigenvalue weighted by Crippen LogP contribution is 2.30. The SMILES string of the molecule is Cc1cccc(N2C[C@H](C(=O)O[C@@H](C)C(=O)NC3CCCC3)CC2=O)c1C. The lowest BCUT2D eigenvalue weighted by atomic mass is 10.1. The first-order valence-electron chi connectivity index (χ1n) is 9.74. The maximum Gasteiger partial charge on any atom is 0.312 e. The number of carbonyl (C=O) groups excluding carboxylic acids is 3. The van der Waals surface area contributed by atoms with Crippen LogP contribution in [0, 0.1) is 19.8 Å². The fourth-order valence-electron chi connectivity index (χ4n) is 3.84. The van der Waals surface area contributed by atoms with Crippen LogP contribution in [0.2, 0.25) is 0 Å². The molecule has 146 valence electrons. The van der Waals surface area contributed by atoms with E-state index in [-0.39, 0.29) is 24.3 Å². The molecule has 2 atom stereocenters. The third-order valence-electron chi connectivity index (χ3n) is 5.69. The molecular weight excluding hydrogens is 344 g/mol. The van der Waals surface area contributed by atoms with Crippen molar-refractivity contribution in [1.29, 1.82) is 0 Å². The molecule has 0 unspecified atom stereocenters. The number of anilines is 1. The number of nitrogens with one attached hydrogen (secondary N) is 1. The van der Waals surface area contributed by atoms with Gasteiger partial charge in [-0.15, -0.1) is 0 Å². The summed E-state index contributed by atoms with van der Waals surface area (Å²) in [5.74, 6) is -1.37. The highest BCUT2D eigenvalue weighted by atomic mass is 16.5. The molecule has 3 rings (SSSR count). The molecule has 1 saturated carbocycles. The molecule has 0 bridgehead atoms. The van der Waals surface area contributed by atoms with Gasteiger partial charge in [-0.2, -0.15) is 0 Å². The van der Waals surface area contributed by atoms with Gasteiger partial charge in [0.05, 0.1) is 5.92 Å². The lowest BCUT2D eigenvalue weighted by molar-refractivity contribution is -0.158. The standard InChI is InChI=1S/C21H28N2O4/c1-13-7-6-10-18(14(13)2)23-12-16(11-19(23)24)21(26)27-15(3)20(25)22-17-8-4-5-9-17/h6-7,10,15-17H,4-5,8-9,11-12H2,1-3H3,(H,22,25)/t15-,16+/m0/s1. The molecule has 6 heteroatoms. The Balaban J connectivity index is 1.58. The highest BCUT2D eigenvalue weighted by Gasteiger charge is 2.38. The number of nitrogens with zero attached hydrogens (tertiary/aromatic N) is 1. The van der Waals surface area contributed by atoms with Crippen LogP contribution in [-0.4, -0.2) is 36.5 Å². The fourth-order valence-corrected chi connectivity index (χ4v) is 3.84. The molecule has 1 aliphatic heterocycles. The van der Waals surface area contributed by atoms with Gasteiger partial charge in [-0.3, -0.25) is 14.4 Å². The summed E-state index contributed by atoms with van der Waals surface area (Å²) in [6.07, 6.45) is 3.48. The van der Waals surface area contributed by atoms with Crippen LogP contribution in [0.15, 0.2) is 18.2 Å². The molecule has 0 aromatic heterocycles. The van der Waals surface area contributed by atoms with Gasteiger partial charge in [0.2, 0.25) is 5.91 Å². The number of carbonyl (C=O) groups is 3. The van der Waals surface area contributed by atoms with Gasteiger partial charge in [-0.05, 0) is 50.8 Å². The molecule has 1 aromatic carbocycles. The Hall–Kier alpha value is -2.37. The van der Waals surface area contributed by atoms with Crippen molar-refractivity contribution in [3.05, 3.63) is 29.3 Å². The van der Waals surface area contributed by atoms with Crippen molar-refractivity contribution >= 4 is 23.5 Å². The highest BCUT2D eigenvalue weighted by molar-refractivity contribution is 6.00. The summed E-state index contributed by atoms with van der Waals surface area (Å²) in [4.78, 5) is 38.8. The van der Waals surface area contributed by atoms with Crippen molar-refractivity contribution in [3.8, 4) is 0 Å². The Morgan fingerprint density at radius 1 is 1.22 bits per heavy atom. The predicted molar refractivity (Wildman–Crippen MR) is 102 cm³/mol. The number of hydrogen-bond acceptors (Lipinski definition) is 4. The van der Waals surface area contributed by atoms with E-state index in [0.29, 0.717) is 6.54 Å². The Kier molecular flexibility index (Phi) is 5.82. The first-order chi connectivity index (χ1) is 12.9. The Bertz CT molecular complexity index is 740. The number of ether oxygens (including phenoxy) is 1. The molecule has 1 aliphatic carbocycles. The topological polar surface area (TPSA) is 75.7 Å². The summed E-state index contributed by atoms with van der Waals surface area (Å²) in [6.45, 7) is 5.84. The predicted octanol–water partition coefficient (Wildman–Crippen LogP) is 2.65. The number of benzene rings is 1. The number of amides is 2. The van der Waals surface area contributed by atoms with Crippen molar-refractivity contribution in [1.82, 2.24) is 5.32 Å². The Labute approximate surface area is 160 Å². The normalized spacial score (nSPS) is 21.4. The minimum Gasteiger partial charge on any atom is -0.452 e. The maximum absolute atomic E-state index is 12.5. The average molecular weight is 372 g/mol. The second-order valence-electron chi connectivity index (χ2n) is 7.69. The molecule has 1 heterocycles. The molecule has 1 aromatic rings. The van der Waals surface area contributed by atoms with E-state index in [2.05, 4.69) is 5.32 Å². The minimum atomic E-state index is -0.844. The molecule has 0 radical (unpaired) electrons. The van der Waals surface area contributed by atoms with E-state index in [1.54, 1.807) is 11.8 Å². The van der Waals surface area contributed by atoms with Gasteiger partial charge in [0.1, 0.15) is 0 Å². The second-order valence-corrected chi connectivity index (χ2v) is 7.69. The van der Waals surface area contributed by atoms with E-state index < -0.39 is 18.0 Å². The maximum atomic E-state index is 12.5. The van der Waals surface area contributed by atoms with Gasteiger partial charge in [-0.1, -0.05) is 25.0 Å². The van der Waals surface area contributed by atoms with Crippen LogP contribution in [0.4, 0.5) is 5.69 Å². The van der Waals surface area contributed by atoms with Crippen LogP contribution in [0.1, 0.15) is 50.2 Å². The number of hydrogen-bond donors (Lipinski definition) is 1. The van der Waals surface area contributed by atoms with Gasteiger partial charge < -0.3 is 15.0 Å². The van der Waals surface area contributed by atoms with Gasteiger partial charge in [0, 0.05) is 24.7 Å². The van der Waals surface area contributed by atoms with Crippen molar-refractivity contribution < 1.29 is 19.1 Å². The molecule has 27 heavy (non-hydrogen) atoms. The summed E-state index contributed by atoms with van der Waals surface area (Å²) < 4.78 is 5.36. The van der Waals surface area contributed by atoms with E-state index in [1.165, 1.54) is 0 Å². The minimum absolute atomic E-state index is 0.0892. The van der Waals surface area contributed by atoms with Crippen LogP contribution < -0.4 is 10.2 Å². The van der Waals surface area contributed by atoms with Crippen molar-refractivity contribution in [2.75, 3.05) is 11.4 Å². The van der Waals surface area contributed by atoms with E-state index in [1.807, 2.05) is 32.0 Å². The summed E-state index contributed by atoms with van der Waals surface area (Å²) in [7, 11) is 0. The summed E-state index contributed by atoms with van der Waals surface area (Å²) >= 11 is 0. The van der Waals surface area contributed by atoms with Crippen LogP contribution in [0.3, 0.4) is 0 Å². The molecule has 6 nitrogen and oxygen atoms in total. The Morgan fingerprint density at radius 2 is 1.93 bits per heavy atom. The van der Waals surface area contributed by atoms with Gasteiger partial charge in [0.15, 0.2) is 6.10 Å². The van der Waals surface area contributed by atoms with Crippen molar-refractivity contribution in [2.24, 2.45) is 5.92 Å². The van der Waals surface area contributed by atoms with Gasteiger partial charge in [-0.25, -0.2) is 0 Å². The lowest BCUT2D eigenvalue weighted by Gasteiger charge is -2.21. The van der Waals surface area contributed by atoms with E-state index in [9.17, 15) is 14.4 Å². The first kappa shape index (κ1) is 19.4. The molecule has 0 spiro atoms. The van der Waals surface area contributed by atoms with Crippen molar-refractivity contribution in [3.63, 3.8) is 0 Å². The van der Waals surface area contributed by atoms with Crippen LogP contribution in [0.25, 0.3) is 0 Å². The molecule has 1 saturated heterocycles. The van der Waals surface area contributed by atoms with Crippen LogP contribution in [-0.2, 0) is 19.1 Å². The quantitative estimate of drug-likeness (QED) is 0.806. The molecular formula is C21H28N2O4. The number of esters is 1. The molecule has 2 fully saturated rings. The molecule has 2 aliphatic rings. The summed E-state index contributed by atoms with van der Waals surface area (Å²) in [5.41, 5.74) is 2.97. The third kappa shape index (κ3) is 4.31. The van der Waals surface area contributed by atoms with Crippen LogP contribution >= 0.6 is 0 Å². The zero-order chi connectivity index (χ0) is 19.6. The summed E-state index contributed by atoms with van der Waals surface area (Å²) in [6, 6.07) is 5.99. The monoisotopic (exact) mass is 372 g/mol. The summed E-state index contributed by atoms with van der Waals surface area (Å²) in [5, 5.41) is 2.94. The number of aryl methyl sites for hydroxylation is 1. The smallest absolute Gasteiger partial charge is 0.312 e. The Morgan fingerprint density at radius 3 is 2.63 bits per heavy atom. The van der Waals surface area contributed by atoms with Gasteiger partial charge in [0.25, 0.3) is 5.91 Å². The lowest BCUT2D eigenvalue weighted by Crippen LogP contribution is -2.41. The van der Waals surface area contributed by atoms with Gasteiger partial charge >= 0.3 is 5.97 Å². The zero-order valence-corrected chi connectivity index (χ0v) is 16.3. The van der Waals surface area contributed by atoms with Crippen LogP contribution in [0.5, 0.6) is 0 Å². The number of rotatable bonds is 5. The second kappa shape index (κ2) is 8.11. The van der Waals surface area contributed by atoms with E-state index in [0.717, 1.165) is 42.5 Å². The largest absolute Gasteiger partial charge is 0.452 e. The van der Waals surface area contributed by atoms with E-state index in [4.69, 9.17) is 4.74 Å². The van der Waals surface area contributed by atoms with E-state index >= 15 is 0 Å². The third-order valence-corrected chi connectivity index (χ3v) is 5.69. The molecule has 1 N–H and O–H groups in total. The first-order valence-corrected chi connectivity index (χ1v) is 9.74.